The number of anilines is 1. The van der Waals surface area contributed by atoms with Crippen LogP contribution in [0.4, 0.5) is 5.69 Å². The van der Waals surface area contributed by atoms with Crippen LogP contribution in [0.3, 0.4) is 0 Å². The first kappa shape index (κ1) is 36.3. The number of hydrogen-bond donors (Lipinski definition) is 1. The Morgan fingerprint density at radius 2 is 1.36 bits per heavy atom. The molecule has 11 heteroatoms. The van der Waals surface area contributed by atoms with Gasteiger partial charge in [-0.05, 0) is 82.1 Å². The SMILES string of the molecule is Cc1ccc(S(=O)(=O)N(CC(=O)N(Cc2c(Cl)cccc2Cl)[C@@H](Cc2ccccc2)C(=O)NC(C)(C)C)c2cccc(Cl)c2C)cc1. The molecule has 47 heavy (non-hydrogen) atoms. The van der Waals surface area contributed by atoms with Crippen molar-refractivity contribution in [2.75, 3.05) is 10.8 Å². The highest BCUT2D eigenvalue weighted by Crippen LogP contribution is 2.32. The number of rotatable bonds is 11. The van der Waals surface area contributed by atoms with Gasteiger partial charge in [-0.15, -0.1) is 0 Å². The molecule has 0 aromatic heterocycles. The number of halogens is 3. The zero-order valence-electron chi connectivity index (χ0n) is 26.9. The number of carbonyl (C=O) groups is 2. The van der Waals surface area contributed by atoms with Gasteiger partial charge in [0.1, 0.15) is 12.6 Å². The lowest BCUT2D eigenvalue weighted by molar-refractivity contribution is -0.140. The molecule has 2 amide bonds. The van der Waals surface area contributed by atoms with Gasteiger partial charge in [-0.1, -0.05) is 95.0 Å². The van der Waals surface area contributed by atoms with Gasteiger partial charge in [0.25, 0.3) is 10.0 Å². The van der Waals surface area contributed by atoms with E-state index in [4.69, 9.17) is 34.8 Å². The smallest absolute Gasteiger partial charge is 0.264 e. The average molecular weight is 715 g/mol. The van der Waals surface area contributed by atoms with Crippen LogP contribution in [0.1, 0.15) is 43.0 Å². The molecule has 0 saturated carbocycles. The van der Waals surface area contributed by atoms with Gasteiger partial charge >= 0.3 is 0 Å². The predicted octanol–water partition coefficient (Wildman–Crippen LogP) is 8.01. The topological polar surface area (TPSA) is 86.8 Å². The minimum Gasteiger partial charge on any atom is -0.350 e. The molecule has 0 aliphatic rings. The van der Waals surface area contributed by atoms with Gasteiger partial charge in [-0.3, -0.25) is 13.9 Å². The third kappa shape index (κ3) is 9.08. The highest BCUT2D eigenvalue weighted by molar-refractivity contribution is 7.92. The maximum Gasteiger partial charge on any atom is 0.264 e. The van der Waals surface area contributed by atoms with Gasteiger partial charge < -0.3 is 10.2 Å². The zero-order chi connectivity index (χ0) is 34.5. The third-order valence-corrected chi connectivity index (χ3v) is 10.4. The molecule has 0 radical (unpaired) electrons. The van der Waals surface area contributed by atoms with E-state index in [2.05, 4.69) is 5.32 Å². The fourth-order valence-corrected chi connectivity index (χ4v) is 7.24. The van der Waals surface area contributed by atoms with Crippen LogP contribution in [0.5, 0.6) is 0 Å². The molecule has 4 aromatic carbocycles. The van der Waals surface area contributed by atoms with Crippen LogP contribution in [-0.2, 0) is 32.6 Å². The summed E-state index contributed by atoms with van der Waals surface area (Å²) in [5, 5.41) is 3.95. The van der Waals surface area contributed by atoms with Gasteiger partial charge in [0.15, 0.2) is 0 Å². The summed E-state index contributed by atoms with van der Waals surface area (Å²) in [6.07, 6.45) is 0.150. The monoisotopic (exact) mass is 713 g/mol. The normalized spacial score (nSPS) is 12.3. The van der Waals surface area contributed by atoms with E-state index in [1.807, 2.05) is 58.0 Å². The van der Waals surface area contributed by atoms with Gasteiger partial charge in [-0.2, -0.15) is 0 Å². The molecule has 4 aromatic rings. The second kappa shape index (κ2) is 15.1. The van der Waals surface area contributed by atoms with Crippen molar-refractivity contribution in [1.82, 2.24) is 10.2 Å². The van der Waals surface area contributed by atoms with E-state index in [1.165, 1.54) is 17.0 Å². The minimum absolute atomic E-state index is 0.00212. The van der Waals surface area contributed by atoms with Crippen LogP contribution in [0.25, 0.3) is 0 Å². The Kier molecular flexibility index (Phi) is 11.7. The Bertz CT molecular complexity index is 1820. The second-order valence-electron chi connectivity index (χ2n) is 12.4. The molecule has 0 fully saturated rings. The number of carbonyl (C=O) groups excluding carboxylic acids is 2. The van der Waals surface area contributed by atoms with Gasteiger partial charge in [0.05, 0.1) is 10.6 Å². The van der Waals surface area contributed by atoms with Gasteiger partial charge in [0, 0.05) is 39.1 Å². The van der Waals surface area contributed by atoms with E-state index < -0.39 is 40.0 Å². The van der Waals surface area contributed by atoms with Crippen LogP contribution in [0.2, 0.25) is 15.1 Å². The number of nitrogens with one attached hydrogen (secondary N) is 1. The summed E-state index contributed by atoms with van der Waals surface area (Å²) in [4.78, 5) is 30.1. The summed E-state index contributed by atoms with van der Waals surface area (Å²) >= 11 is 19.6. The van der Waals surface area contributed by atoms with Crippen molar-refractivity contribution in [3.63, 3.8) is 0 Å². The van der Waals surface area contributed by atoms with Crippen molar-refractivity contribution in [1.29, 1.82) is 0 Å². The molecule has 4 rings (SSSR count). The van der Waals surface area contributed by atoms with E-state index in [0.717, 1.165) is 15.4 Å². The summed E-state index contributed by atoms with van der Waals surface area (Å²) in [6, 6.07) is 24.5. The van der Waals surface area contributed by atoms with Crippen LogP contribution < -0.4 is 9.62 Å². The Hall–Kier alpha value is -3.56. The average Bonchev–Trinajstić information content (AvgIpc) is 3.00. The summed E-state index contributed by atoms with van der Waals surface area (Å²) in [5.41, 5.74) is 2.20. The van der Waals surface area contributed by atoms with Gasteiger partial charge in [0.2, 0.25) is 11.8 Å². The number of sulfonamides is 1. The van der Waals surface area contributed by atoms with E-state index in [0.29, 0.717) is 26.2 Å². The first-order valence-electron chi connectivity index (χ1n) is 15.0. The molecule has 0 unspecified atom stereocenters. The second-order valence-corrected chi connectivity index (χ2v) is 15.5. The van der Waals surface area contributed by atoms with Crippen LogP contribution in [0.15, 0.2) is 95.9 Å². The maximum absolute atomic E-state index is 14.7. The molecule has 0 saturated heterocycles. The van der Waals surface area contributed by atoms with Gasteiger partial charge in [-0.25, -0.2) is 8.42 Å². The zero-order valence-corrected chi connectivity index (χ0v) is 30.0. The molecule has 0 bridgehead atoms. The Balaban J connectivity index is 1.88. The minimum atomic E-state index is -4.29. The molecular formula is C36H38Cl3N3O4S. The molecule has 0 aliphatic carbocycles. The number of nitrogens with zero attached hydrogens (tertiary/aromatic N) is 2. The van der Waals surface area contributed by atoms with E-state index >= 15 is 0 Å². The van der Waals surface area contributed by atoms with Crippen LogP contribution in [-0.4, -0.2) is 43.3 Å². The van der Waals surface area contributed by atoms with Crippen LogP contribution >= 0.6 is 34.8 Å². The fraction of sp³-hybridized carbons (Fsp3) is 0.278. The molecule has 248 valence electrons. The third-order valence-electron chi connectivity index (χ3n) is 7.56. The lowest BCUT2D eigenvalue weighted by atomic mass is 10.0. The van der Waals surface area contributed by atoms with Crippen molar-refractivity contribution in [3.05, 3.63) is 128 Å². The summed E-state index contributed by atoms with van der Waals surface area (Å²) in [5.74, 6) is -1.05. The number of benzene rings is 4. The summed E-state index contributed by atoms with van der Waals surface area (Å²) < 4.78 is 29.7. The molecular weight excluding hydrogens is 677 g/mol. The van der Waals surface area contributed by atoms with E-state index in [1.54, 1.807) is 55.5 Å². The maximum atomic E-state index is 14.7. The highest BCUT2D eigenvalue weighted by Gasteiger charge is 2.36. The Labute approximate surface area is 292 Å². The highest BCUT2D eigenvalue weighted by atomic mass is 35.5. The summed E-state index contributed by atoms with van der Waals surface area (Å²) in [6.45, 7) is 8.30. The molecule has 0 heterocycles. The van der Waals surface area contributed by atoms with Crippen molar-refractivity contribution in [2.24, 2.45) is 0 Å². The Morgan fingerprint density at radius 1 is 0.787 bits per heavy atom. The molecule has 0 aliphatic heterocycles. The molecule has 7 nitrogen and oxygen atoms in total. The standard InChI is InChI=1S/C36H38Cl3N3O4S/c1-24-17-19-27(20-18-24)47(45,46)42(32-16-10-13-29(37)25(32)2)23-34(43)41(22-28-30(38)14-9-15-31(28)39)33(35(44)40-36(3,4)5)21-26-11-7-6-8-12-26/h6-20,33H,21-23H2,1-5H3,(H,40,44)/t33-/m0/s1. The fourth-order valence-electron chi connectivity index (χ4n) is 5.08. The van der Waals surface area contributed by atoms with Crippen molar-refractivity contribution < 1.29 is 18.0 Å². The molecule has 0 spiro atoms. The summed E-state index contributed by atoms with van der Waals surface area (Å²) in [7, 11) is -4.29. The lowest BCUT2D eigenvalue weighted by Gasteiger charge is -2.36. The van der Waals surface area contributed by atoms with E-state index in [9.17, 15) is 18.0 Å². The number of amides is 2. The van der Waals surface area contributed by atoms with Crippen molar-refractivity contribution in [3.8, 4) is 0 Å². The predicted molar refractivity (Wildman–Crippen MR) is 191 cm³/mol. The first-order valence-corrected chi connectivity index (χ1v) is 17.6. The van der Waals surface area contributed by atoms with Crippen molar-refractivity contribution >= 4 is 62.3 Å². The number of hydrogen-bond acceptors (Lipinski definition) is 4. The first-order chi connectivity index (χ1) is 22.1. The van der Waals surface area contributed by atoms with Crippen molar-refractivity contribution in [2.45, 2.75) is 64.1 Å². The molecule has 1 atom stereocenters. The quantitative estimate of drug-likeness (QED) is 0.171. The largest absolute Gasteiger partial charge is 0.350 e. The molecule has 1 N–H and O–H groups in total. The van der Waals surface area contributed by atoms with E-state index in [-0.39, 0.29) is 23.5 Å². The Morgan fingerprint density at radius 3 is 1.96 bits per heavy atom. The number of aryl methyl sites for hydroxylation is 1. The van der Waals surface area contributed by atoms with Crippen LogP contribution in [0, 0.1) is 13.8 Å². The lowest BCUT2D eigenvalue weighted by Crippen LogP contribution is -2.56.